The third kappa shape index (κ3) is 6.38. The lowest BCUT2D eigenvalue weighted by Crippen LogP contribution is -2.38. The molecule has 0 aliphatic carbocycles. The van der Waals surface area contributed by atoms with Gasteiger partial charge in [-0.15, -0.1) is 0 Å². The Hall–Kier alpha value is -2.08. The topological polar surface area (TPSA) is 89.8 Å². The Morgan fingerprint density at radius 3 is 2.88 bits per heavy atom. The highest BCUT2D eigenvalue weighted by Gasteiger charge is 2.12. The lowest BCUT2D eigenvalue weighted by atomic mass is 10.1. The predicted molar refractivity (Wildman–Crippen MR) is 100 cm³/mol. The van der Waals surface area contributed by atoms with Crippen molar-refractivity contribution < 1.29 is 9.53 Å². The molecule has 1 aliphatic rings. The highest BCUT2D eigenvalue weighted by molar-refractivity contribution is 8.13. The second kappa shape index (κ2) is 10.7. The van der Waals surface area contributed by atoms with Crippen LogP contribution in [0.1, 0.15) is 16.8 Å². The smallest absolute Gasteiger partial charge is 0.253 e. The van der Waals surface area contributed by atoms with Crippen molar-refractivity contribution in [1.29, 1.82) is 5.26 Å². The van der Waals surface area contributed by atoms with Gasteiger partial charge in [-0.05, 0) is 31.4 Å². The van der Waals surface area contributed by atoms with E-state index in [0.29, 0.717) is 23.0 Å². The van der Waals surface area contributed by atoms with Crippen molar-refractivity contribution in [2.75, 3.05) is 45.6 Å². The molecule has 7 nitrogen and oxygen atoms in total. The average molecular weight is 361 g/mol. The summed E-state index contributed by atoms with van der Waals surface area (Å²) in [4.78, 5) is 19.1. The summed E-state index contributed by atoms with van der Waals surface area (Å²) in [7, 11) is 0. The second-order valence-electron chi connectivity index (χ2n) is 5.44. The van der Waals surface area contributed by atoms with E-state index in [1.165, 1.54) is 11.8 Å². The van der Waals surface area contributed by atoms with Crippen molar-refractivity contribution in [2.45, 2.75) is 6.42 Å². The summed E-state index contributed by atoms with van der Waals surface area (Å²) < 4.78 is 5.32. The summed E-state index contributed by atoms with van der Waals surface area (Å²) in [5.74, 6) is -0.154. The van der Waals surface area contributed by atoms with Crippen LogP contribution in [-0.2, 0) is 4.74 Å². The highest BCUT2D eigenvalue weighted by atomic mass is 32.2. The number of nitrogens with one attached hydrogen (secondary N) is 2. The number of aliphatic imine (C=N–C) groups is 1. The fourth-order valence-corrected chi connectivity index (χ4v) is 2.81. The van der Waals surface area contributed by atoms with E-state index in [1.54, 1.807) is 18.2 Å². The van der Waals surface area contributed by atoms with Crippen LogP contribution < -0.4 is 10.6 Å². The Bertz CT molecular complexity index is 638. The first-order chi connectivity index (χ1) is 12.2. The number of amides is 1. The van der Waals surface area contributed by atoms with Gasteiger partial charge in [-0.25, -0.2) is 4.99 Å². The standard InChI is InChI=1S/C17H23N5O2S/c1-25-17(20-13-18)21-15-6-3-2-5-14(15)16(23)19-7-4-8-22-9-11-24-12-10-22/h2-3,5-6H,4,7-12H2,1H3,(H,19,23)(H,20,21). The van der Waals surface area contributed by atoms with E-state index in [0.717, 1.165) is 39.3 Å². The minimum atomic E-state index is -0.154. The summed E-state index contributed by atoms with van der Waals surface area (Å²) in [5.41, 5.74) is 1.04. The molecule has 2 rings (SSSR count). The summed E-state index contributed by atoms with van der Waals surface area (Å²) in [6.07, 6.45) is 4.55. The van der Waals surface area contributed by atoms with Gasteiger partial charge >= 0.3 is 0 Å². The van der Waals surface area contributed by atoms with Crippen LogP contribution in [-0.4, -0.2) is 61.6 Å². The number of nitriles is 1. The van der Waals surface area contributed by atoms with Crippen molar-refractivity contribution in [1.82, 2.24) is 15.5 Å². The summed E-state index contributed by atoms with van der Waals surface area (Å²) >= 11 is 1.32. The van der Waals surface area contributed by atoms with Gasteiger partial charge in [0.05, 0.1) is 24.5 Å². The number of benzene rings is 1. The number of amidine groups is 1. The maximum Gasteiger partial charge on any atom is 0.253 e. The Morgan fingerprint density at radius 1 is 1.40 bits per heavy atom. The van der Waals surface area contributed by atoms with Gasteiger partial charge in [-0.2, -0.15) is 5.26 Å². The number of nitrogens with zero attached hydrogens (tertiary/aromatic N) is 3. The predicted octanol–water partition coefficient (Wildman–Crippen LogP) is 1.56. The van der Waals surface area contributed by atoms with Crippen LogP contribution in [0.25, 0.3) is 0 Å². The zero-order valence-corrected chi connectivity index (χ0v) is 15.1. The number of hydrogen-bond donors (Lipinski definition) is 2. The molecule has 1 fully saturated rings. The molecule has 134 valence electrons. The lowest BCUT2D eigenvalue weighted by molar-refractivity contribution is 0.0374. The third-order valence-corrected chi connectivity index (χ3v) is 4.35. The van der Waals surface area contributed by atoms with Gasteiger partial charge in [0, 0.05) is 19.6 Å². The molecule has 1 saturated heterocycles. The van der Waals surface area contributed by atoms with Crippen LogP contribution in [0.4, 0.5) is 5.69 Å². The van der Waals surface area contributed by atoms with E-state index in [2.05, 4.69) is 20.5 Å². The number of ether oxygens (including phenoxy) is 1. The highest BCUT2D eigenvalue weighted by Crippen LogP contribution is 2.20. The van der Waals surface area contributed by atoms with Crippen LogP contribution in [0.5, 0.6) is 0 Å². The quantitative estimate of drug-likeness (QED) is 0.263. The molecule has 1 heterocycles. The molecule has 0 atom stereocenters. The number of carbonyl (C=O) groups is 1. The van der Waals surface area contributed by atoms with Crippen LogP contribution in [0.3, 0.4) is 0 Å². The van der Waals surface area contributed by atoms with Gasteiger partial charge in [0.25, 0.3) is 5.91 Å². The van der Waals surface area contributed by atoms with E-state index in [4.69, 9.17) is 10.00 Å². The zero-order chi connectivity index (χ0) is 17.9. The van der Waals surface area contributed by atoms with Crippen LogP contribution in [0.15, 0.2) is 29.3 Å². The summed E-state index contributed by atoms with van der Waals surface area (Å²) in [6.45, 7) is 5.04. The molecular formula is C17H23N5O2S. The van der Waals surface area contributed by atoms with Gasteiger partial charge in [-0.1, -0.05) is 23.9 Å². The average Bonchev–Trinajstić information content (AvgIpc) is 2.66. The van der Waals surface area contributed by atoms with Gasteiger partial charge in [0.1, 0.15) is 0 Å². The van der Waals surface area contributed by atoms with Crippen molar-refractivity contribution in [2.24, 2.45) is 4.99 Å². The fourth-order valence-electron chi connectivity index (χ4n) is 2.47. The van der Waals surface area contributed by atoms with Gasteiger partial charge < -0.3 is 10.1 Å². The Balaban J connectivity index is 1.89. The fraction of sp³-hybridized carbons (Fsp3) is 0.471. The van der Waals surface area contributed by atoms with Gasteiger partial charge in [-0.3, -0.25) is 15.0 Å². The van der Waals surface area contributed by atoms with Crippen molar-refractivity contribution >= 4 is 28.5 Å². The molecule has 1 aromatic carbocycles. The van der Waals surface area contributed by atoms with Crippen LogP contribution in [0, 0.1) is 11.5 Å². The largest absolute Gasteiger partial charge is 0.379 e. The Kier molecular flexibility index (Phi) is 8.25. The van der Waals surface area contributed by atoms with Gasteiger partial charge in [0.2, 0.25) is 0 Å². The van der Waals surface area contributed by atoms with E-state index in [9.17, 15) is 4.79 Å². The number of rotatable bonds is 6. The number of para-hydroxylation sites is 1. The van der Waals surface area contributed by atoms with E-state index in [-0.39, 0.29) is 5.91 Å². The third-order valence-electron chi connectivity index (χ3n) is 3.77. The molecule has 1 amide bonds. The molecule has 0 aromatic heterocycles. The number of thioether (sulfide) groups is 1. The minimum absolute atomic E-state index is 0.154. The molecule has 0 spiro atoms. The molecule has 0 saturated carbocycles. The molecule has 8 heteroatoms. The van der Waals surface area contributed by atoms with Crippen molar-refractivity contribution in [3.05, 3.63) is 29.8 Å². The van der Waals surface area contributed by atoms with Crippen LogP contribution >= 0.6 is 11.8 Å². The van der Waals surface area contributed by atoms with E-state index in [1.807, 2.05) is 18.5 Å². The van der Waals surface area contributed by atoms with Gasteiger partial charge in [0.15, 0.2) is 11.4 Å². The number of carbonyl (C=O) groups excluding carboxylic acids is 1. The maximum atomic E-state index is 12.4. The Morgan fingerprint density at radius 2 is 2.16 bits per heavy atom. The first-order valence-electron chi connectivity index (χ1n) is 8.19. The molecule has 1 aliphatic heterocycles. The molecule has 0 radical (unpaired) electrons. The lowest BCUT2D eigenvalue weighted by Gasteiger charge is -2.26. The summed E-state index contributed by atoms with van der Waals surface area (Å²) in [5, 5.41) is 14.6. The molecule has 1 aromatic rings. The second-order valence-corrected chi connectivity index (χ2v) is 6.23. The van der Waals surface area contributed by atoms with Crippen molar-refractivity contribution in [3.63, 3.8) is 0 Å². The normalized spacial score (nSPS) is 15.4. The van der Waals surface area contributed by atoms with Crippen molar-refractivity contribution in [3.8, 4) is 6.19 Å². The Labute approximate surface area is 152 Å². The number of morpholine rings is 1. The molecule has 0 unspecified atom stereocenters. The zero-order valence-electron chi connectivity index (χ0n) is 14.3. The molecule has 2 N–H and O–H groups in total. The molecular weight excluding hydrogens is 338 g/mol. The number of hydrogen-bond acceptors (Lipinski definition) is 6. The van der Waals surface area contributed by atoms with E-state index >= 15 is 0 Å². The first kappa shape index (κ1) is 19.2. The first-order valence-corrected chi connectivity index (χ1v) is 9.42. The van der Waals surface area contributed by atoms with E-state index < -0.39 is 0 Å². The maximum absolute atomic E-state index is 12.4. The van der Waals surface area contributed by atoms with Crippen LogP contribution in [0.2, 0.25) is 0 Å². The molecule has 25 heavy (non-hydrogen) atoms. The molecule has 0 bridgehead atoms. The monoisotopic (exact) mass is 361 g/mol. The summed E-state index contributed by atoms with van der Waals surface area (Å²) in [6, 6.07) is 7.12. The SMILES string of the molecule is CSC(=Nc1ccccc1C(=O)NCCCN1CCOCC1)NC#N. The minimum Gasteiger partial charge on any atom is -0.379 e.